The molecule has 1 aromatic carbocycles. The van der Waals surface area contributed by atoms with Gasteiger partial charge in [-0.1, -0.05) is 0 Å². The van der Waals surface area contributed by atoms with Crippen molar-refractivity contribution in [1.82, 2.24) is 9.97 Å². The van der Waals surface area contributed by atoms with Crippen molar-refractivity contribution in [1.29, 1.82) is 0 Å². The van der Waals surface area contributed by atoms with E-state index < -0.39 is 0 Å². The zero-order chi connectivity index (χ0) is 20.4. The van der Waals surface area contributed by atoms with Gasteiger partial charge in [0.15, 0.2) is 22.9 Å². The number of oxazole rings is 1. The third kappa shape index (κ3) is 3.54. The number of benzene rings is 1. The molecule has 4 aromatic rings. The van der Waals surface area contributed by atoms with Crippen molar-refractivity contribution < 1.29 is 23.4 Å². The Bertz CT molecular complexity index is 1150. The van der Waals surface area contributed by atoms with Crippen LogP contribution in [0.1, 0.15) is 15.2 Å². The van der Waals surface area contributed by atoms with Crippen LogP contribution in [0, 0.1) is 0 Å². The number of Topliss-reactive ketones (excluding diaryl/α,β-unsaturated/α-hetero) is 1. The zero-order valence-corrected chi connectivity index (χ0v) is 16.9. The topological polar surface area (TPSA) is 83.7 Å². The number of thiophene rings is 1. The summed E-state index contributed by atoms with van der Waals surface area (Å²) in [5.74, 6) is 1.69. The predicted molar refractivity (Wildman–Crippen MR) is 109 cm³/mol. The fourth-order valence-electron chi connectivity index (χ4n) is 3.05. The maximum absolute atomic E-state index is 12.9. The SMILES string of the molecule is COc1ccc(C(=O)Cc2ccc(-c3nc4cnccc4o3)s2)c(OC)c1OC. The largest absolute Gasteiger partial charge is 0.493 e. The summed E-state index contributed by atoms with van der Waals surface area (Å²) in [4.78, 5) is 23.2. The van der Waals surface area contributed by atoms with Gasteiger partial charge in [0.25, 0.3) is 0 Å². The van der Waals surface area contributed by atoms with Crippen LogP contribution < -0.4 is 14.2 Å². The van der Waals surface area contributed by atoms with Crippen molar-refractivity contribution in [3.63, 3.8) is 0 Å². The van der Waals surface area contributed by atoms with E-state index in [0.717, 1.165) is 9.75 Å². The lowest BCUT2D eigenvalue weighted by Crippen LogP contribution is -2.07. The van der Waals surface area contributed by atoms with Gasteiger partial charge in [-0.2, -0.15) is 0 Å². The molecule has 0 saturated heterocycles. The molecule has 0 saturated carbocycles. The van der Waals surface area contributed by atoms with Crippen LogP contribution >= 0.6 is 11.3 Å². The van der Waals surface area contributed by atoms with Crippen molar-refractivity contribution in [3.05, 3.63) is 53.2 Å². The van der Waals surface area contributed by atoms with Gasteiger partial charge in [0.2, 0.25) is 11.6 Å². The lowest BCUT2D eigenvalue weighted by atomic mass is 10.1. The first kappa shape index (κ1) is 18.9. The van der Waals surface area contributed by atoms with E-state index in [0.29, 0.717) is 39.8 Å². The monoisotopic (exact) mass is 410 g/mol. The number of aromatic nitrogens is 2. The van der Waals surface area contributed by atoms with Crippen molar-refractivity contribution in [3.8, 4) is 28.0 Å². The summed E-state index contributed by atoms with van der Waals surface area (Å²) in [6.45, 7) is 0. The second-order valence-corrected chi connectivity index (χ2v) is 7.28. The third-order valence-corrected chi connectivity index (χ3v) is 5.47. The highest BCUT2D eigenvalue weighted by atomic mass is 32.1. The second-order valence-electron chi connectivity index (χ2n) is 6.11. The van der Waals surface area contributed by atoms with E-state index in [1.165, 1.54) is 32.7 Å². The number of ether oxygens (including phenoxy) is 3. The van der Waals surface area contributed by atoms with Crippen LogP contribution in [0.3, 0.4) is 0 Å². The number of hydrogen-bond donors (Lipinski definition) is 0. The number of rotatable bonds is 7. The molecule has 0 radical (unpaired) electrons. The Morgan fingerprint density at radius 3 is 2.59 bits per heavy atom. The Morgan fingerprint density at radius 1 is 1.03 bits per heavy atom. The molecule has 148 valence electrons. The summed E-state index contributed by atoms with van der Waals surface area (Å²) in [6.07, 6.45) is 3.54. The Kier molecular flexibility index (Phi) is 5.18. The summed E-state index contributed by atoms with van der Waals surface area (Å²) in [5.41, 5.74) is 1.81. The summed E-state index contributed by atoms with van der Waals surface area (Å²) in [5, 5.41) is 0. The highest BCUT2D eigenvalue weighted by molar-refractivity contribution is 7.15. The summed E-state index contributed by atoms with van der Waals surface area (Å²) < 4.78 is 21.8. The first-order valence-corrected chi connectivity index (χ1v) is 9.58. The van der Waals surface area contributed by atoms with Crippen molar-refractivity contribution in [2.24, 2.45) is 0 Å². The van der Waals surface area contributed by atoms with Gasteiger partial charge in [-0.05, 0) is 24.3 Å². The van der Waals surface area contributed by atoms with E-state index in [-0.39, 0.29) is 12.2 Å². The number of pyridine rings is 1. The first-order chi connectivity index (χ1) is 14.1. The van der Waals surface area contributed by atoms with Crippen LogP contribution in [0.5, 0.6) is 17.2 Å². The van der Waals surface area contributed by atoms with Gasteiger partial charge >= 0.3 is 0 Å². The van der Waals surface area contributed by atoms with Gasteiger partial charge in [0, 0.05) is 23.6 Å². The van der Waals surface area contributed by atoms with Gasteiger partial charge in [-0.3, -0.25) is 9.78 Å². The van der Waals surface area contributed by atoms with Crippen molar-refractivity contribution in [2.45, 2.75) is 6.42 Å². The molecule has 7 nitrogen and oxygen atoms in total. The van der Waals surface area contributed by atoms with E-state index >= 15 is 0 Å². The molecular weight excluding hydrogens is 392 g/mol. The van der Waals surface area contributed by atoms with Gasteiger partial charge < -0.3 is 18.6 Å². The molecule has 0 aliphatic carbocycles. The lowest BCUT2D eigenvalue weighted by molar-refractivity contribution is 0.0990. The van der Waals surface area contributed by atoms with Crippen LogP contribution in [0.4, 0.5) is 0 Å². The maximum atomic E-state index is 12.9. The number of ketones is 1. The maximum Gasteiger partial charge on any atom is 0.237 e. The molecular formula is C21H18N2O5S. The average Bonchev–Trinajstić information content (AvgIpc) is 3.38. The second kappa shape index (κ2) is 7.92. The van der Waals surface area contributed by atoms with Gasteiger partial charge in [0.1, 0.15) is 5.52 Å². The minimum Gasteiger partial charge on any atom is -0.493 e. The predicted octanol–water partition coefficient (Wildman–Crippen LogP) is 4.40. The first-order valence-electron chi connectivity index (χ1n) is 8.76. The normalized spacial score (nSPS) is 10.9. The molecule has 3 aromatic heterocycles. The molecule has 0 fully saturated rings. The number of carbonyl (C=O) groups excluding carboxylic acids is 1. The number of carbonyl (C=O) groups is 1. The van der Waals surface area contributed by atoms with Gasteiger partial charge in [-0.25, -0.2) is 4.98 Å². The fraction of sp³-hybridized carbons (Fsp3) is 0.190. The summed E-state index contributed by atoms with van der Waals surface area (Å²) in [7, 11) is 4.55. The van der Waals surface area contributed by atoms with E-state index in [1.54, 1.807) is 30.6 Å². The third-order valence-electron chi connectivity index (χ3n) is 4.40. The van der Waals surface area contributed by atoms with Crippen LogP contribution in [-0.2, 0) is 6.42 Å². The fourth-order valence-corrected chi connectivity index (χ4v) is 3.98. The molecule has 0 unspecified atom stereocenters. The number of fused-ring (bicyclic) bond motifs is 1. The highest BCUT2D eigenvalue weighted by Gasteiger charge is 2.21. The molecule has 8 heteroatoms. The molecule has 0 N–H and O–H groups in total. The van der Waals surface area contributed by atoms with E-state index in [2.05, 4.69) is 9.97 Å². The molecule has 0 aliphatic rings. The lowest BCUT2D eigenvalue weighted by Gasteiger charge is -2.14. The quantitative estimate of drug-likeness (QED) is 0.418. The zero-order valence-electron chi connectivity index (χ0n) is 16.1. The minimum absolute atomic E-state index is 0.0852. The van der Waals surface area contributed by atoms with Crippen molar-refractivity contribution >= 4 is 28.2 Å². The Hall–Kier alpha value is -3.39. The molecule has 0 amide bonds. The molecule has 0 atom stereocenters. The summed E-state index contributed by atoms with van der Waals surface area (Å²) in [6, 6.07) is 8.95. The molecule has 0 aliphatic heterocycles. The number of methoxy groups -OCH3 is 3. The van der Waals surface area contributed by atoms with E-state index in [9.17, 15) is 4.79 Å². The number of hydrogen-bond acceptors (Lipinski definition) is 8. The molecule has 3 heterocycles. The van der Waals surface area contributed by atoms with E-state index in [4.69, 9.17) is 18.6 Å². The molecule has 29 heavy (non-hydrogen) atoms. The molecule has 4 rings (SSSR count). The average molecular weight is 410 g/mol. The van der Waals surface area contributed by atoms with Crippen molar-refractivity contribution in [2.75, 3.05) is 21.3 Å². The Morgan fingerprint density at radius 2 is 1.86 bits per heavy atom. The van der Waals surface area contributed by atoms with Crippen LogP contribution in [0.25, 0.3) is 21.9 Å². The van der Waals surface area contributed by atoms with Crippen LogP contribution in [0.2, 0.25) is 0 Å². The van der Waals surface area contributed by atoms with E-state index in [1.807, 2.05) is 12.1 Å². The summed E-state index contributed by atoms with van der Waals surface area (Å²) >= 11 is 1.46. The Balaban J connectivity index is 1.60. The molecule has 0 spiro atoms. The van der Waals surface area contributed by atoms with Gasteiger partial charge in [0.05, 0.1) is 38.0 Å². The van der Waals surface area contributed by atoms with Crippen LogP contribution in [-0.4, -0.2) is 37.1 Å². The molecule has 0 bridgehead atoms. The van der Waals surface area contributed by atoms with Gasteiger partial charge in [-0.15, -0.1) is 11.3 Å². The van der Waals surface area contributed by atoms with Crippen LogP contribution in [0.15, 0.2) is 47.1 Å². The number of nitrogens with zero attached hydrogens (tertiary/aromatic N) is 2. The Labute approximate surface area is 170 Å². The smallest absolute Gasteiger partial charge is 0.237 e. The minimum atomic E-state index is -0.0852. The highest BCUT2D eigenvalue weighted by Crippen LogP contribution is 2.40. The standard InChI is InChI=1S/C21H18N2O5S/c1-25-17-6-5-13(19(26-2)20(17)27-3)15(24)10-12-4-7-18(29-12)21-23-14-11-22-9-8-16(14)28-21/h4-9,11H,10H2,1-3H3.